The molecule has 7 nitrogen and oxygen atoms in total. The molecule has 136 valence electrons. The Labute approximate surface area is 155 Å². The number of ether oxygens (including phenoxy) is 1. The summed E-state index contributed by atoms with van der Waals surface area (Å²) >= 11 is 6.05. The zero-order valence-corrected chi connectivity index (χ0v) is 15.6. The molecule has 1 aromatic carbocycles. The highest BCUT2D eigenvalue weighted by atomic mass is 35.5. The van der Waals surface area contributed by atoms with E-state index in [9.17, 15) is 9.59 Å². The Morgan fingerprint density at radius 3 is 2.77 bits per heavy atom. The Hall–Kier alpha value is -2.67. The third-order valence-electron chi connectivity index (χ3n) is 4.05. The number of rotatable bonds is 5. The SMILES string of the molecule is CCOC(=O)Cc1cnn(C)c1-n1c(CC)nc2ccc(Cl)cc2c1=O. The Balaban J connectivity index is 2.25. The number of nitrogens with zero attached hydrogens (tertiary/aromatic N) is 4. The molecule has 3 aromatic rings. The normalized spacial score (nSPS) is 11.1. The second-order valence-corrected chi connectivity index (χ2v) is 6.22. The standard InChI is InChI=1S/C18H19ClN4O3/c1-4-15-21-14-7-6-12(19)9-13(14)18(25)23(15)17-11(10-20-22(17)3)8-16(24)26-5-2/h6-7,9-10H,4-5,8H2,1-3H3. The van der Waals surface area contributed by atoms with E-state index in [1.54, 1.807) is 43.0 Å². The summed E-state index contributed by atoms with van der Waals surface area (Å²) in [7, 11) is 1.72. The fraction of sp³-hybridized carbons (Fsp3) is 0.333. The molecule has 0 aliphatic heterocycles. The van der Waals surface area contributed by atoms with Crippen LogP contribution in [0.25, 0.3) is 16.7 Å². The van der Waals surface area contributed by atoms with Crippen LogP contribution in [0.2, 0.25) is 5.02 Å². The zero-order chi connectivity index (χ0) is 18.8. The van der Waals surface area contributed by atoms with Crippen LogP contribution in [0.1, 0.15) is 25.2 Å². The van der Waals surface area contributed by atoms with Gasteiger partial charge in [-0.3, -0.25) is 14.3 Å². The van der Waals surface area contributed by atoms with Gasteiger partial charge >= 0.3 is 5.97 Å². The van der Waals surface area contributed by atoms with Crippen molar-refractivity contribution < 1.29 is 9.53 Å². The highest BCUT2D eigenvalue weighted by Gasteiger charge is 2.20. The number of halogens is 1. The lowest BCUT2D eigenvalue weighted by molar-refractivity contribution is -0.142. The second kappa shape index (κ2) is 7.29. The molecule has 0 spiro atoms. The van der Waals surface area contributed by atoms with Gasteiger partial charge in [0.2, 0.25) is 0 Å². The van der Waals surface area contributed by atoms with Crippen LogP contribution in [-0.2, 0) is 29.4 Å². The summed E-state index contributed by atoms with van der Waals surface area (Å²) < 4.78 is 8.09. The Bertz CT molecular complexity index is 1040. The first-order chi connectivity index (χ1) is 12.5. The zero-order valence-electron chi connectivity index (χ0n) is 14.8. The number of carbonyl (C=O) groups is 1. The largest absolute Gasteiger partial charge is 0.466 e. The number of aromatic nitrogens is 4. The molecule has 0 saturated carbocycles. The lowest BCUT2D eigenvalue weighted by atomic mass is 10.2. The van der Waals surface area contributed by atoms with Crippen molar-refractivity contribution >= 4 is 28.5 Å². The third kappa shape index (κ3) is 3.22. The molecule has 0 atom stereocenters. The predicted molar refractivity (Wildman–Crippen MR) is 98.8 cm³/mol. The van der Waals surface area contributed by atoms with Gasteiger partial charge in [0.15, 0.2) is 0 Å². The number of hydrogen-bond acceptors (Lipinski definition) is 5. The van der Waals surface area contributed by atoms with Gasteiger partial charge in [-0.15, -0.1) is 0 Å². The van der Waals surface area contributed by atoms with E-state index in [-0.39, 0.29) is 17.9 Å². The van der Waals surface area contributed by atoms with Crippen molar-refractivity contribution in [2.24, 2.45) is 7.05 Å². The molecule has 0 unspecified atom stereocenters. The lowest BCUT2D eigenvalue weighted by Crippen LogP contribution is -2.27. The van der Waals surface area contributed by atoms with Gasteiger partial charge in [-0.05, 0) is 25.1 Å². The maximum Gasteiger partial charge on any atom is 0.310 e. The molecular formula is C18H19ClN4O3. The van der Waals surface area contributed by atoms with Crippen LogP contribution in [0, 0.1) is 0 Å². The molecule has 2 aromatic heterocycles. The molecule has 26 heavy (non-hydrogen) atoms. The van der Waals surface area contributed by atoms with Gasteiger partial charge in [-0.2, -0.15) is 5.10 Å². The maximum absolute atomic E-state index is 13.2. The summed E-state index contributed by atoms with van der Waals surface area (Å²) in [4.78, 5) is 29.7. The van der Waals surface area contributed by atoms with Crippen LogP contribution in [0.4, 0.5) is 0 Å². The summed E-state index contributed by atoms with van der Waals surface area (Å²) in [5.74, 6) is 0.720. The monoisotopic (exact) mass is 374 g/mol. The molecule has 0 aliphatic rings. The molecule has 0 radical (unpaired) electrons. The van der Waals surface area contributed by atoms with Crippen molar-refractivity contribution in [2.75, 3.05) is 6.61 Å². The fourth-order valence-electron chi connectivity index (χ4n) is 2.92. The quantitative estimate of drug-likeness (QED) is 0.641. The highest BCUT2D eigenvalue weighted by Crippen LogP contribution is 2.20. The van der Waals surface area contributed by atoms with E-state index in [1.165, 1.54) is 4.57 Å². The first-order valence-corrected chi connectivity index (χ1v) is 8.72. The number of esters is 1. The van der Waals surface area contributed by atoms with Crippen LogP contribution >= 0.6 is 11.6 Å². The Kier molecular flexibility index (Phi) is 5.08. The summed E-state index contributed by atoms with van der Waals surface area (Å²) in [5, 5.41) is 5.09. The topological polar surface area (TPSA) is 79.0 Å². The van der Waals surface area contributed by atoms with Crippen LogP contribution in [-0.4, -0.2) is 31.9 Å². The third-order valence-corrected chi connectivity index (χ3v) is 4.28. The van der Waals surface area contributed by atoms with Crippen LogP contribution < -0.4 is 5.56 Å². The first kappa shape index (κ1) is 18.1. The van der Waals surface area contributed by atoms with Crippen LogP contribution in [0.15, 0.2) is 29.2 Å². The Morgan fingerprint density at radius 1 is 1.31 bits per heavy atom. The number of benzene rings is 1. The number of carbonyl (C=O) groups excluding carboxylic acids is 1. The van der Waals surface area contributed by atoms with E-state index in [1.807, 2.05) is 6.92 Å². The number of hydrogen-bond donors (Lipinski definition) is 0. The molecule has 8 heteroatoms. The lowest BCUT2D eigenvalue weighted by Gasteiger charge is -2.14. The van der Waals surface area contributed by atoms with Crippen molar-refractivity contribution in [3.8, 4) is 5.82 Å². The first-order valence-electron chi connectivity index (χ1n) is 8.34. The maximum atomic E-state index is 13.2. The Morgan fingerprint density at radius 2 is 2.08 bits per heavy atom. The van der Waals surface area contributed by atoms with Gasteiger partial charge in [-0.1, -0.05) is 18.5 Å². The molecule has 0 aliphatic carbocycles. The van der Waals surface area contributed by atoms with E-state index in [0.717, 1.165) is 0 Å². The molecular weight excluding hydrogens is 356 g/mol. The average molecular weight is 375 g/mol. The van der Waals surface area contributed by atoms with Gasteiger partial charge in [-0.25, -0.2) is 9.55 Å². The van der Waals surface area contributed by atoms with E-state index in [0.29, 0.717) is 46.2 Å². The van der Waals surface area contributed by atoms with Gasteiger partial charge in [0.05, 0.1) is 30.1 Å². The summed E-state index contributed by atoms with van der Waals surface area (Å²) in [5.41, 5.74) is 0.940. The summed E-state index contributed by atoms with van der Waals surface area (Å²) in [6.45, 7) is 3.96. The smallest absolute Gasteiger partial charge is 0.310 e. The van der Waals surface area contributed by atoms with Gasteiger partial charge < -0.3 is 4.74 Å². The minimum atomic E-state index is -0.371. The minimum Gasteiger partial charge on any atom is -0.466 e. The summed E-state index contributed by atoms with van der Waals surface area (Å²) in [6.07, 6.45) is 2.14. The van der Waals surface area contributed by atoms with Crippen LogP contribution in [0.3, 0.4) is 0 Å². The van der Waals surface area contributed by atoms with Crippen molar-refractivity contribution in [3.05, 3.63) is 51.2 Å². The fourth-order valence-corrected chi connectivity index (χ4v) is 3.09. The summed E-state index contributed by atoms with van der Waals surface area (Å²) in [6, 6.07) is 5.03. The van der Waals surface area contributed by atoms with Crippen LogP contribution in [0.5, 0.6) is 0 Å². The van der Waals surface area contributed by atoms with Gasteiger partial charge in [0.1, 0.15) is 11.6 Å². The number of fused-ring (bicyclic) bond motifs is 1. The van der Waals surface area contributed by atoms with E-state index < -0.39 is 0 Å². The minimum absolute atomic E-state index is 0.0280. The molecule has 2 heterocycles. The molecule has 0 N–H and O–H groups in total. The van der Waals surface area contributed by atoms with Gasteiger partial charge in [0, 0.05) is 24.1 Å². The van der Waals surface area contributed by atoms with E-state index in [4.69, 9.17) is 16.3 Å². The molecule has 0 fully saturated rings. The van der Waals surface area contributed by atoms with Crippen molar-refractivity contribution in [3.63, 3.8) is 0 Å². The molecule has 0 amide bonds. The molecule has 3 rings (SSSR count). The molecule has 0 bridgehead atoms. The highest BCUT2D eigenvalue weighted by molar-refractivity contribution is 6.31. The average Bonchev–Trinajstić information content (AvgIpc) is 2.95. The molecule has 0 saturated heterocycles. The van der Waals surface area contributed by atoms with Crippen molar-refractivity contribution in [1.82, 2.24) is 19.3 Å². The van der Waals surface area contributed by atoms with Crippen molar-refractivity contribution in [2.45, 2.75) is 26.7 Å². The van der Waals surface area contributed by atoms with Crippen molar-refractivity contribution in [1.29, 1.82) is 0 Å². The van der Waals surface area contributed by atoms with E-state index in [2.05, 4.69) is 10.1 Å². The number of aryl methyl sites for hydroxylation is 2. The van der Waals surface area contributed by atoms with E-state index >= 15 is 0 Å². The predicted octanol–water partition coefficient (Wildman–Crippen LogP) is 2.44. The second-order valence-electron chi connectivity index (χ2n) is 5.78. The van der Waals surface area contributed by atoms with Gasteiger partial charge in [0.25, 0.3) is 5.56 Å².